The number of halogens is 4. The third-order valence-electron chi connectivity index (χ3n) is 2.73. The van der Waals surface area contributed by atoms with Crippen molar-refractivity contribution in [1.29, 1.82) is 0 Å². The average molecular weight is 303 g/mol. The largest absolute Gasteiger partial charge is 0.384 e. The van der Waals surface area contributed by atoms with E-state index >= 15 is 0 Å². The third kappa shape index (κ3) is 3.24. The van der Waals surface area contributed by atoms with Crippen LogP contribution < -0.4 is 0 Å². The van der Waals surface area contributed by atoms with E-state index in [0.717, 1.165) is 0 Å². The summed E-state index contributed by atoms with van der Waals surface area (Å²) in [6.45, 7) is 0. The first-order chi connectivity index (χ1) is 8.99. The van der Waals surface area contributed by atoms with Gasteiger partial charge < -0.3 is 5.11 Å². The molecule has 0 bridgehead atoms. The minimum atomic E-state index is -2.58. The van der Waals surface area contributed by atoms with Gasteiger partial charge in [-0.1, -0.05) is 41.4 Å². The molecule has 0 amide bonds. The van der Waals surface area contributed by atoms with E-state index in [1.807, 2.05) is 0 Å². The number of hydrogen-bond donors (Lipinski definition) is 1. The smallest absolute Gasteiger partial charge is 0.263 e. The Balaban J connectivity index is 2.41. The molecule has 0 saturated carbocycles. The first-order valence-electron chi connectivity index (χ1n) is 5.50. The van der Waals surface area contributed by atoms with Crippen LogP contribution in [0.4, 0.5) is 8.78 Å². The Hall–Kier alpha value is -1.16. The Morgan fingerprint density at radius 3 is 2.32 bits per heavy atom. The SMILES string of the molecule is OC(c1cccc(C(F)F)c1)c1cc(Cl)ccc1Cl. The molecule has 1 unspecified atom stereocenters. The van der Waals surface area contributed by atoms with Crippen molar-refractivity contribution >= 4 is 23.2 Å². The van der Waals surface area contributed by atoms with Crippen molar-refractivity contribution in [3.8, 4) is 0 Å². The lowest BCUT2D eigenvalue weighted by Gasteiger charge is -2.14. The summed E-state index contributed by atoms with van der Waals surface area (Å²) in [6.07, 6.45) is -3.67. The summed E-state index contributed by atoms with van der Waals surface area (Å²) in [7, 11) is 0. The first kappa shape index (κ1) is 14.3. The molecule has 5 heteroatoms. The van der Waals surface area contributed by atoms with Crippen molar-refractivity contribution in [2.45, 2.75) is 12.5 Å². The standard InChI is InChI=1S/C14H10Cl2F2O/c15-10-4-5-12(16)11(7-10)13(19)8-2-1-3-9(6-8)14(17)18/h1-7,13-14,19H. The Kier molecular flexibility index (Phi) is 4.40. The highest BCUT2D eigenvalue weighted by atomic mass is 35.5. The number of hydrogen-bond acceptors (Lipinski definition) is 1. The number of benzene rings is 2. The fraction of sp³-hybridized carbons (Fsp3) is 0.143. The summed E-state index contributed by atoms with van der Waals surface area (Å²) in [5.74, 6) is 0. The number of rotatable bonds is 3. The van der Waals surface area contributed by atoms with Gasteiger partial charge in [0.2, 0.25) is 0 Å². The summed E-state index contributed by atoms with van der Waals surface area (Å²) in [6, 6.07) is 10.3. The monoisotopic (exact) mass is 302 g/mol. The molecule has 0 radical (unpaired) electrons. The lowest BCUT2D eigenvalue weighted by molar-refractivity contribution is 0.150. The van der Waals surface area contributed by atoms with Crippen LogP contribution in [-0.4, -0.2) is 5.11 Å². The van der Waals surface area contributed by atoms with Crippen LogP contribution in [0, 0.1) is 0 Å². The molecule has 0 aromatic heterocycles. The van der Waals surface area contributed by atoms with E-state index in [1.54, 1.807) is 18.2 Å². The third-order valence-corrected chi connectivity index (χ3v) is 3.31. The van der Waals surface area contributed by atoms with Crippen LogP contribution in [0.15, 0.2) is 42.5 Å². The molecule has 1 N–H and O–H groups in total. The zero-order valence-corrected chi connectivity index (χ0v) is 11.2. The predicted octanol–water partition coefficient (Wildman–Crippen LogP) is 5.01. The van der Waals surface area contributed by atoms with Gasteiger partial charge in [-0.25, -0.2) is 8.78 Å². The van der Waals surface area contributed by atoms with E-state index in [1.165, 1.54) is 24.3 Å². The molecule has 19 heavy (non-hydrogen) atoms. The molecule has 1 atom stereocenters. The van der Waals surface area contributed by atoms with Gasteiger partial charge in [0.05, 0.1) is 0 Å². The highest BCUT2D eigenvalue weighted by Crippen LogP contribution is 2.32. The first-order valence-corrected chi connectivity index (χ1v) is 6.25. The zero-order valence-electron chi connectivity index (χ0n) is 9.66. The Labute approximate surface area is 119 Å². The van der Waals surface area contributed by atoms with Crippen molar-refractivity contribution in [3.05, 3.63) is 69.2 Å². The van der Waals surface area contributed by atoms with Crippen LogP contribution in [0.1, 0.15) is 29.2 Å². The Morgan fingerprint density at radius 1 is 0.947 bits per heavy atom. The maximum Gasteiger partial charge on any atom is 0.263 e. The molecule has 1 nitrogen and oxygen atoms in total. The van der Waals surface area contributed by atoms with Crippen LogP contribution >= 0.6 is 23.2 Å². The molecule has 100 valence electrons. The molecule has 2 aromatic rings. The Morgan fingerprint density at radius 2 is 1.63 bits per heavy atom. The second-order valence-electron chi connectivity index (χ2n) is 4.04. The van der Waals surface area contributed by atoms with Crippen LogP contribution in [0.2, 0.25) is 10.0 Å². The van der Waals surface area contributed by atoms with E-state index < -0.39 is 12.5 Å². The van der Waals surface area contributed by atoms with E-state index in [9.17, 15) is 13.9 Å². The van der Waals surface area contributed by atoms with Crippen molar-refractivity contribution in [1.82, 2.24) is 0 Å². The summed E-state index contributed by atoms with van der Waals surface area (Å²) < 4.78 is 25.3. The topological polar surface area (TPSA) is 20.2 Å². The number of aliphatic hydroxyl groups is 1. The second-order valence-corrected chi connectivity index (χ2v) is 4.88. The molecular weight excluding hydrogens is 293 g/mol. The summed E-state index contributed by atoms with van der Waals surface area (Å²) in [5.41, 5.74) is 0.595. The molecule has 0 saturated heterocycles. The zero-order chi connectivity index (χ0) is 14.0. The van der Waals surface area contributed by atoms with Crippen LogP contribution in [-0.2, 0) is 0 Å². The minimum absolute atomic E-state index is 0.144. The average Bonchev–Trinajstić information content (AvgIpc) is 2.41. The van der Waals surface area contributed by atoms with Gasteiger partial charge in [0.15, 0.2) is 0 Å². The predicted molar refractivity (Wildman–Crippen MR) is 71.9 cm³/mol. The van der Waals surface area contributed by atoms with Crippen LogP contribution in [0.3, 0.4) is 0 Å². The molecular formula is C14H10Cl2F2O. The molecule has 0 aliphatic carbocycles. The molecule has 0 fully saturated rings. The lowest BCUT2D eigenvalue weighted by atomic mass is 10.00. The highest BCUT2D eigenvalue weighted by Gasteiger charge is 2.16. The molecule has 0 spiro atoms. The quantitative estimate of drug-likeness (QED) is 0.844. The van der Waals surface area contributed by atoms with Gasteiger partial charge in [0.1, 0.15) is 6.10 Å². The van der Waals surface area contributed by atoms with Crippen molar-refractivity contribution < 1.29 is 13.9 Å². The van der Waals surface area contributed by atoms with Gasteiger partial charge >= 0.3 is 0 Å². The molecule has 0 heterocycles. The van der Waals surface area contributed by atoms with Gasteiger partial charge in [0.25, 0.3) is 6.43 Å². The van der Waals surface area contributed by atoms with E-state index in [2.05, 4.69) is 0 Å². The van der Waals surface area contributed by atoms with Crippen molar-refractivity contribution in [2.75, 3.05) is 0 Å². The van der Waals surface area contributed by atoms with E-state index in [0.29, 0.717) is 21.2 Å². The van der Waals surface area contributed by atoms with Gasteiger partial charge in [0, 0.05) is 21.2 Å². The minimum Gasteiger partial charge on any atom is -0.384 e. The molecule has 0 aliphatic rings. The fourth-order valence-corrected chi connectivity index (χ4v) is 2.17. The summed E-state index contributed by atoms with van der Waals surface area (Å²) in [4.78, 5) is 0. The van der Waals surface area contributed by atoms with Gasteiger partial charge in [-0.2, -0.15) is 0 Å². The Bertz CT molecular complexity index is 587. The second kappa shape index (κ2) is 5.87. The molecule has 2 aromatic carbocycles. The maximum absolute atomic E-state index is 12.6. The van der Waals surface area contributed by atoms with Crippen LogP contribution in [0.25, 0.3) is 0 Å². The molecule has 0 aliphatic heterocycles. The van der Waals surface area contributed by atoms with Crippen molar-refractivity contribution in [3.63, 3.8) is 0 Å². The summed E-state index contributed by atoms with van der Waals surface area (Å²) in [5, 5.41) is 11.0. The van der Waals surface area contributed by atoms with Crippen molar-refractivity contribution in [2.24, 2.45) is 0 Å². The van der Waals surface area contributed by atoms with E-state index in [4.69, 9.17) is 23.2 Å². The highest BCUT2D eigenvalue weighted by molar-refractivity contribution is 6.33. The summed E-state index contributed by atoms with van der Waals surface area (Å²) >= 11 is 11.8. The number of aliphatic hydroxyl groups excluding tert-OH is 1. The fourth-order valence-electron chi connectivity index (χ4n) is 1.77. The maximum atomic E-state index is 12.6. The van der Waals surface area contributed by atoms with Gasteiger partial charge in [-0.05, 0) is 29.8 Å². The number of alkyl halides is 2. The normalized spacial score (nSPS) is 12.7. The van der Waals surface area contributed by atoms with E-state index in [-0.39, 0.29) is 5.56 Å². The van der Waals surface area contributed by atoms with Gasteiger partial charge in [-0.3, -0.25) is 0 Å². The van der Waals surface area contributed by atoms with Crippen LogP contribution in [0.5, 0.6) is 0 Å². The molecule has 2 rings (SSSR count). The van der Waals surface area contributed by atoms with Gasteiger partial charge in [-0.15, -0.1) is 0 Å². The lowest BCUT2D eigenvalue weighted by Crippen LogP contribution is -2.01.